The minimum absolute atomic E-state index is 0.112. The van der Waals surface area contributed by atoms with Crippen molar-refractivity contribution in [2.75, 3.05) is 6.54 Å². The first-order chi connectivity index (χ1) is 8.61. The van der Waals surface area contributed by atoms with Crippen molar-refractivity contribution in [1.29, 1.82) is 0 Å². The van der Waals surface area contributed by atoms with Crippen LogP contribution in [0, 0.1) is 0 Å². The molecule has 7 heteroatoms. The molecule has 1 aromatic rings. The van der Waals surface area contributed by atoms with Gasteiger partial charge >= 0.3 is 5.97 Å². The summed E-state index contributed by atoms with van der Waals surface area (Å²) < 4.78 is 1.49. The van der Waals surface area contributed by atoms with E-state index in [9.17, 15) is 9.59 Å². The van der Waals surface area contributed by atoms with E-state index < -0.39 is 5.97 Å². The molecule has 0 aromatic carbocycles. The average molecular weight is 254 g/mol. The molecule has 1 heterocycles. The van der Waals surface area contributed by atoms with Crippen LogP contribution in [0.1, 0.15) is 38.6 Å². The van der Waals surface area contributed by atoms with Gasteiger partial charge < -0.3 is 10.4 Å². The number of carbonyl (C=O) groups excluding carboxylic acids is 1. The van der Waals surface area contributed by atoms with Crippen molar-refractivity contribution in [3.05, 3.63) is 12.7 Å². The van der Waals surface area contributed by atoms with E-state index >= 15 is 0 Å². The van der Waals surface area contributed by atoms with Crippen LogP contribution in [0.4, 0.5) is 0 Å². The lowest BCUT2D eigenvalue weighted by atomic mass is 10.2. The van der Waals surface area contributed by atoms with Gasteiger partial charge in [0.25, 0.3) is 0 Å². The van der Waals surface area contributed by atoms with E-state index in [1.165, 1.54) is 17.3 Å². The molecule has 0 aliphatic carbocycles. The third kappa shape index (κ3) is 4.94. The van der Waals surface area contributed by atoms with Crippen LogP contribution in [0.25, 0.3) is 0 Å². The molecule has 1 rings (SSSR count). The van der Waals surface area contributed by atoms with Gasteiger partial charge in [0.2, 0.25) is 5.91 Å². The molecule has 18 heavy (non-hydrogen) atoms. The summed E-state index contributed by atoms with van der Waals surface area (Å²) in [6.07, 6.45) is 5.29. The van der Waals surface area contributed by atoms with Crippen LogP contribution < -0.4 is 5.32 Å². The second kappa shape index (κ2) is 7.41. The minimum atomic E-state index is -0.779. The van der Waals surface area contributed by atoms with Crippen LogP contribution in [0.15, 0.2) is 12.7 Å². The molecule has 0 radical (unpaired) electrons. The highest BCUT2D eigenvalue weighted by Crippen LogP contribution is 2.02. The van der Waals surface area contributed by atoms with Crippen molar-refractivity contribution in [1.82, 2.24) is 20.1 Å². The highest BCUT2D eigenvalue weighted by molar-refractivity contribution is 5.79. The summed E-state index contributed by atoms with van der Waals surface area (Å²) in [5, 5.41) is 15.1. The smallest absolute Gasteiger partial charge is 0.303 e. The highest BCUT2D eigenvalue weighted by atomic mass is 16.4. The number of nitrogens with zero attached hydrogens (tertiary/aromatic N) is 3. The normalized spacial score (nSPS) is 12.1. The molecule has 0 saturated heterocycles. The van der Waals surface area contributed by atoms with Crippen molar-refractivity contribution in [3.8, 4) is 0 Å². The number of rotatable bonds is 8. The van der Waals surface area contributed by atoms with E-state index in [4.69, 9.17) is 5.11 Å². The summed E-state index contributed by atoms with van der Waals surface area (Å²) in [6, 6.07) is -0.383. The van der Waals surface area contributed by atoms with Crippen LogP contribution in [-0.4, -0.2) is 38.3 Å². The van der Waals surface area contributed by atoms with Gasteiger partial charge in [-0.25, -0.2) is 9.67 Å². The Morgan fingerprint density at radius 1 is 1.39 bits per heavy atom. The van der Waals surface area contributed by atoms with E-state index in [2.05, 4.69) is 15.4 Å². The molecular weight excluding hydrogens is 236 g/mol. The molecular formula is C11H18N4O3. The Labute approximate surface area is 105 Å². The SMILES string of the molecule is CC(C(=O)NCCCCCC(=O)O)n1cncn1. The van der Waals surface area contributed by atoms with Crippen molar-refractivity contribution in [3.63, 3.8) is 0 Å². The molecule has 1 amide bonds. The number of carboxylic acid groups (broad SMARTS) is 1. The Balaban J connectivity index is 2.12. The maximum absolute atomic E-state index is 11.7. The van der Waals surface area contributed by atoms with Crippen molar-refractivity contribution in [2.24, 2.45) is 0 Å². The molecule has 1 atom stereocenters. The van der Waals surface area contributed by atoms with E-state index in [0.717, 1.165) is 12.8 Å². The minimum Gasteiger partial charge on any atom is -0.481 e. The molecule has 0 aliphatic rings. The van der Waals surface area contributed by atoms with E-state index in [1.807, 2.05) is 0 Å². The van der Waals surface area contributed by atoms with E-state index in [0.29, 0.717) is 13.0 Å². The molecule has 0 bridgehead atoms. The van der Waals surface area contributed by atoms with Gasteiger partial charge in [0.05, 0.1) is 0 Å². The number of aromatic nitrogens is 3. The van der Waals surface area contributed by atoms with Crippen LogP contribution in [-0.2, 0) is 9.59 Å². The molecule has 0 fully saturated rings. The largest absolute Gasteiger partial charge is 0.481 e. The maximum atomic E-state index is 11.7. The van der Waals surface area contributed by atoms with Gasteiger partial charge in [-0.15, -0.1) is 0 Å². The molecule has 100 valence electrons. The fourth-order valence-corrected chi connectivity index (χ4v) is 1.47. The van der Waals surface area contributed by atoms with Gasteiger partial charge in [-0.2, -0.15) is 5.10 Å². The zero-order valence-electron chi connectivity index (χ0n) is 10.4. The van der Waals surface area contributed by atoms with Crippen LogP contribution in [0.2, 0.25) is 0 Å². The number of amides is 1. The summed E-state index contributed by atoms with van der Waals surface area (Å²) in [6.45, 7) is 2.30. The number of carboxylic acids is 1. The van der Waals surface area contributed by atoms with Crippen molar-refractivity contribution < 1.29 is 14.7 Å². The second-order valence-electron chi connectivity index (χ2n) is 4.05. The van der Waals surface area contributed by atoms with E-state index in [1.54, 1.807) is 6.92 Å². The van der Waals surface area contributed by atoms with Gasteiger partial charge in [0.15, 0.2) is 0 Å². The van der Waals surface area contributed by atoms with Crippen LogP contribution in [0.3, 0.4) is 0 Å². The van der Waals surface area contributed by atoms with Gasteiger partial charge in [-0.1, -0.05) is 6.42 Å². The Morgan fingerprint density at radius 2 is 2.17 bits per heavy atom. The monoisotopic (exact) mass is 254 g/mol. The van der Waals surface area contributed by atoms with Gasteiger partial charge in [-0.05, 0) is 19.8 Å². The number of hydrogen-bond acceptors (Lipinski definition) is 4. The first-order valence-corrected chi connectivity index (χ1v) is 5.95. The summed E-state index contributed by atoms with van der Waals surface area (Å²) >= 11 is 0. The van der Waals surface area contributed by atoms with Gasteiger partial charge in [0.1, 0.15) is 18.7 Å². The Kier molecular flexibility index (Phi) is 5.83. The predicted molar refractivity (Wildman–Crippen MR) is 63.8 cm³/mol. The quantitative estimate of drug-likeness (QED) is 0.662. The summed E-state index contributed by atoms with van der Waals surface area (Å²) in [4.78, 5) is 25.7. The topological polar surface area (TPSA) is 97.1 Å². The van der Waals surface area contributed by atoms with Gasteiger partial charge in [0, 0.05) is 13.0 Å². The zero-order chi connectivity index (χ0) is 13.4. The summed E-state index contributed by atoms with van der Waals surface area (Å²) in [7, 11) is 0. The lowest BCUT2D eigenvalue weighted by Gasteiger charge is -2.11. The fourth-order valence-electron chi connectivity index (χ4n) is 1.47. The lowest BCUT2D eigenvalue weighted by Crippen LogP contribution is -2.31. The standard InChI is InChI=1S/C11H18N4O3/c1-9(15-8-12-7-14-15)11(18)13-6-4-2-3-5-10(16)17/h7-9H,2-6H2,1H3,(H,13,18)(H,16,17). The third-order valence-electron chi connectivity index (χ3n) is 2.58. The Bertz CT molecular complexity index is 378. The number of nitrogens with one attached hydrogen (secondary N) is 1. The molecule has 2 N–H and O–H groups in total. The van der Waals surface area contributed by atoms with Crippen LogP contribution >= 0.6 is 0 Å². The molecule has 0 aliphatic heterocycles. The molecule has 7 nitrogen and oxygen atoms in total. The van der Waals surface area contributed by atoms with Crippen molar-refractivity contribution >= 4 is 11.9 Å². The fraction of sp³-hybridized carbons (Fsp3) is 0.636. The Morgan fingerprint density at radius 3 is 2.78 bits per heavy atom. The summed E-state index contributed by atoms with van der Waals surface area (Å²) in [5.74, 6) is -0.891. The number of hydrogen-bond donors (Lipinski definition) is 2. The molecule has 0 spiro atoms. The van der Waals surface area contributed by atoms with Crippen LogP contribution in [0.5, 0.6) is 0 Å². The number of unbranched alkanes of at least 4 members (excludes halogenated alkanes) is 2. The molecule has 1 aromatic heterocycles. The second-order valence-corrected chi connectivity index (χ2v) is 4.05. The van der Waals surface area contributed by atoms with E-state index in [-0.39, 0.29) is 18.4 Å². The zero-order valence-corrected chi connectivity index (χ0v) is 10.4. The Hall–Kier alpha value is -1.92. The number of aliphatic carboxylic acids is 1. The first-order valence-electron chi connectivity index (χ1n) is 5.95. The summed E-state index contributed by atoms with van der Waals surface area (Å²) in [5.41, 5.74) is 0. The van der Waals surface area contributed by atoms with Crippen molar-refractivity contribution in [2.45, 2.75) is 38.6 Å². The molecule has 0 saturated carbocycles. The predicted octanol–water partition coefficient (Wildman–Crippen LogP) is 0.600. The average Bonchev–Trinajstić information content (AvgIpc) is 2.85. The lowest BCUT2D eigenvalue weighted by molar-refractivity contribution is -0.137. The third-order valence-corrected chi connectivity index (χ3v) is 2.58. The maximum Gasteiger partial charge on any atom is 0.303 e. The first kappa shape index (κ1) is 14.1. The molecule has 1 unspecified atom stereocenters. The highest BCUT2D eigenvalue weighted by Gasteiger charge is 2.14. The van der Waals surface area contributed by atoms with Gasteiger partial charge in [-0.3, -0.25) is 9.59 Å². The number of carbonyl (C=O) groups is 2.